The fourth-order valence-electron chi connectivity index (χ4n) is 1.35. The molecule has 4 nitrogen and oxygen atoms in total. The van der Waals surface area contributed by atoms with Crippen molar-refractivity contribution in [1.82, 2.24) is 0 Å². The van der Waals surface area contributed by atoms with Crippen molar-refractivity contribution in [1.29, 1.82) is 0 Å². The van der Waals surface area contributed by atoms with Crippen LogP contribution in [0.1, 0.15) is 49.0 Å². The van der Waals surface area contributed by atoms with Gasteiger partial charge in [-0.05, 0) is 34.1 Å². The highest BCUT2D eigenvalue weighted by molar-refractivity contribution is 4.58. The van der Waals surface area contributed by atoms with Crippen LogP contribution in [0, 0.1) is 0 Å². The van der Waals surface area contributed by atoms with Crippen molar-refractivity contribution in [3.05, 3.63) is 0 Å². The average molecular weight is 250 g/mol. The van der Waals surface area contributed by atoms with Crippen molar-refractivity contribution in [3.8, 4) is 0 Å². The van der Waals surface area contributed by atoms with Gasteiger partial charge in [-0.1, -0.05) is 14.9 Å². The molecule has 0 aromatic heterocycles. The molecule has 0 radical (unpaired) electrons. The van der Waals surface area contributed by atoms with Crippen molar-refractivity contribution >= 4 is 0 Å². The van der Waals surface area contributed by atoms with Crippen LogP contribution in [-0.2, 0) is 18.9 Å². The molecule has 0 aromatic carbocycles. The molecule has 0 atom stereocenters. The first-order valence-electron chi connectivity index (χ1n) is 5.47. The van der Waals surface area contributed by atoms with Crippen LogP contribution in [0.25, 0.3) is 0 Å². The zero-order valence-corrected chi connectivity index (χ0v) is 10.2. The molecule has 0 bridgehead atoms. The van der Waals surface area contributed by atoms with Gasteiger partial charge in [-0.15, -0.1) is 0 Å². The molecule has 0 saturated carbocycles. The minimum Gasteiger partial charge on any atom is -0.350 e. The molecule has 2 rings (SSSR count). The van der Waals surface area contributed by atoms with E-state index in [2.05, 4.69) is 0 Å². The topological polar surface area (TPSA) is 36.9 Å². The van der Waals surface area contributed by atoms with Crippen LogP contribution in [0.5, 0.6) is 0 Å². The summed E-state index contributed by atoms with van der Waals surface area (Å²) in [5.74, 6) is -0.627. The maximum atomic E-state index is 5.24. The van der Waals surface area contributed by atoms with E-state index >= 15 is 0 Å². The fraction of sp³-hybridized carbons (Fsp3) is 1.00. The van der Waals surface area contributed by atoms with E-state index in [-0.39, 0.29) is 26.4 Å². The SMILES string of the molecule is C.C.CC1(C)OCCCO1.CC1(C)OCCO1. The summed E-state index contributed by atoms with van der Waals surface area (Å²) in [6.45, 7) is 10.9. The zero-order valence-electron chi connectivity index (χ0n) is 10.2. The third-order valence-electron chi connectivity index (χ3n) is 2.17. The fourth-order valence-corrected chi connectivity index (χ4v) is 1.35. The Balaban J connectivity index is 0. The van der Waals surface area contributed by atoms with Crippen LogP contribution < -0.4 is 0 Å². The van der Waals surface area contributed by atoms with E-state index in [9.17, 15) is 0 Å². The molecule has 4 heteroatoms. The molecule has 0 amide bonds. The first-order chi connectivity index (χ1) is 6.91. The van der Waals surface area contributed by atoms with Crippen molar-refractivity contribution in [2.75, 3.05) is 26.4 Å². The third kappa shape index (κ3) is 8.55. The molecule has 2 aliphatic heterocycles. The van der Waals surface area contributed by atoms with Gasteiger partial charge in [0, 0.05) is 0 Å². The van der Waals surface area contributed by atoms with Gasteiger partial charge in [-0.25, -0.2) is 0 Å². The molecule has 2 aliphatic rings. The van der Waals surface area contributed by atoms with Crippen LogP contribution in [-0.4, -0.2) is 38.0 Å². The van der Waals surface area contributed by atoms with Crippen molar-refractivity contribution in [3.63, 3.8) is 0 Å². The van der Waals surface area contributed by atoms with Crippen LogP contribution in [0.15, 0.2) is 0 Å². The Bertz CT molecular complexity index is 174. The molecule has 0 spiro atoms. The summed E-state index contributed by atoms with van der Waals surface area (Å²) >= 11 is 0. The predicted molar refractivity (Wildman–Crippen MR) is 70.0 cm³/mol. The van der Waals surface area contributed by atoms with Gasteiger partial charge in [-0.2, -0.15) is 0 Å². The maximum Gasteiger partial charge on any atom is 0.162 e. The predicted octanol–water partition coefficient (Wildman–Crippen LogP) is 3.20. The molecular weight excluding hydrogens is 220 g/mol. The van der Waals surface area contributed by atoms with Crippen LogP contribution in [0.2, 0.25) is 0 Å². The average Bonchev–Trinajstić information content (AvgIpc) is 2.51. The number of hydrogen-bond acceptors (Lipinski definition) is 4. The maximum absolute atomic E-state index is 5.24. The standard InChI is InChI=1S/C6H12O2.C5H10O2.2CH4/c1-6(2)7-4-3-5-8-6;1-5(2)6-3-4-7-5;;/h3-5H2,1-2H3;3-4H2,1-2H3;2*1H4. The second kappa shape index (κ2) is 8.03. The van der Waals surface area contributed by atoms with Crippen molar-refractivity contribution in [2.24, 2.45) is 0 Å². The van der Waals surface area contributed by atoms with E-state index in [1.165, 1.54) is 0 Å². The number of ether oxygens (including phenoxy) is 4. The zero-order chi connectivity index (χ0) is 11.4. The van der Waals surface area contributed by atoms with E-state index in [1.807, 2.05) is 27.7 Å². The molecule has 0 unspecified atom stereocenters. The molecule has 2 fully saturated rings. The van der Waals surface area contributed by atoms with Gasteiger partial charge in [0.1, 0.15) is 0 Å². The molecule has 0 aliphatic carbocycles. The highest BCUT2D eigenvalue weighted by Gasteiger charge is 2.23. The van der Waals surface area contributed by atoms with Gasteiger partial charge in [0.15, 0.2) is 11.6 Å². The number of rotatable bonds is 0. The molecule has 2 saturated heterocycles. The summed E-state index contributed by atoms with van der Waals surface area (Å²) in [5, 5.41) is 0. The van der Waals surface area contributed by atoms with Crippen LogP contribution in [0.4, 0.5) is 0 Å². The van der Waals surface area contributed by atoms with Gasteiger partial charge >= 0.3 is 0 Å². The Kier molecular flexibility index (Phi) is 9.06. The summed E-state index contributed by atoms with van der Waals surface area (Å²) < 4.78 is 20.7. The first-order valence-corrected chi connectivity index (χ1v) is 5.47. The monoisotopic (exact) mass is 250 g/mol. The lowest BCUT2D eigenvalue weighted by molar-refractivity contribution is -0.244. The van der Waals surface area contributed by atoms with E-state index < -0.39 is 0 Å². The largest absolute Gasteiger partial charge is 0.350 e. The van der Waals surface area contributed by atoms with Gasteiger partial charge in [0.2, 0.25) is 0 Å². The van der Waals surface area contributed by atoms with E-state index in [1.54, 1.807) is 0 Å². The quantitative estimate of drug-likeness (QED) is 0.661. The minimum absolute atomic E-state index is 0. The second-order valence-electron chi connectivity index (χ2n) is 4.55. The Labute approximate surface area is 107 Å². The minimum atomic E-state index is -0.321. The summed E-state index contributed by atoms with van der Waals surface area (Å²) in [6, 6.07) is 0. The molecular formula is C13H30O4. The summed E-state index contributed by atoms with van der Waals surface area (Å²) in [7, 11) is 0. The Hall–Kier alpha value is -0.160. The molecule has 0 N–H and O–H groups in total. The van der Waals surface area contributed by atoms with Gasteiger partial charge < -0.3 is 18.9 Å². The summed E-state index contributed by atoms with van der Waals surface area (Å²) in [4.78, 5) is 0. The first kappa shape index (κ1) is 19.2. The molecule has 17 heavy (non-hydrogen) atoms. The Morgan fingerprint density at radius 1 is 0.588 bits per heavy atom. The summed E-state index contributed by atoms with van der Waals surface area (Å²) in [6.07, 6.45) is 1.03. The van der Waals surface area contributed by atoms with Gasteiger partial charge in [0.25, 0.3) is 0 Å². The Morgan fingerprint density at radius 3 is 1.06 bits per heavy atom. The lowest BCUT2D eigenvalue weighted by Gasteiger charge is -2.29. The highest BCUT2D eigenvalue weighted by Crippen LogP contribution is 2.16. The lowest BCUT2D eigenvalue weighted by Crippen LogP contribution is -2.33. The van der Waals surface area contributed by atoms with E-state index in [4.69, 9.17) is 18.9 Å². The molecule has 2 heterocycles. The van der Waals surface area contributed by atoms with Crippen molar-refractivity contribution in [2.45, 2.75) is 60.5 Å². The normalized spacial score (nSPS) is 24.7. The second-order valence-corrected chi connectivity index (χ2v) is 4.55. The molecule has 0 aromatic rings. The Morgan fingerprint density at radius 2 is 0.882 bits per heavy atom. The van der Waals surface area contributed by atoms with Crippen LogP contribution >= 0.6 is 0 Å². The van der Waals surface area contributed by atoms with Crippen LogP contribution in [0.3, 0.4) is 0 Å². The highest BCUT2D eigenvalue weighted by atomic mass is 16.7. The van der Waals surface area contributed by atoms with Gasteiger partial charge in [-0.3, -0.25) is 0 Å². The van der Waals surface area contributed by atoms with E-state index in [0.717, 1.165) is 32.8 Å². The lowest BCUT2D eigenvalue weighted by atomic mass is 10.3. The van der Waals surface area contributed by atoms with Crippen molar-refractivity contribution < 1.29 is 18.9 Å². The number of hydrogen-bond donors (Lipinski definition) is 0. The van der Waals surface area contributed by atoms with E-state index in [0.29, 0.717) is 0 Å². The van der Waals surface area contributed by atoms with Gasteiger partial charge in [0.05, 0.1) is 26.4 Å². The third-order valence-corrected chi connectivity index (χ3v) is 2.17. The molecule has 106 valence electrons. The smallest absolute Gasteiger partial charge is 0.162 e. The summed E-state index contributed by atoms with van der Waals surface area (Å²) in [5.41, 5.74) is 0.